The second kappa shape index (κ2) is 6.00. The number of carbonyl (C=O) groups is 2. The lowest BCUT2D eigenvalue weighted by Crippen LogP contribution is -2.37. The Balaban J connectivity index is 2.92. The maximum absolute atomic E-state index is 11.6. The molecule has 0 spiro atoms. The van der Waals surface area contributed by atoms with Gasteiger partial charge in [-0.2, -0.15) is 0 Å². The molecule has 1 atom stereocenters. The maximum Gasteiger partial charge on any atom is 0.339 e. The molecule has 1 unspecified atom stereocenters. The fourth-order valence-corrected chi connectivity index (χ4v) is 1.48. The Labute approximate surface area is 105 Å². The number of rotatable bonds is 5. The van der Waals surface area contributed by atoms with E-state index in [-0.39, 0.29) is 11.5 Å². The first-order valence-electron chi connectivity index (χ1n) is 5.70. The van der Waals surface area contributed by atoms with Crippen LogP contribution < -0.4 is 10.6 Å². The minimum atomic E-state index is -1.08. The SMILES string of the molecule is CCNC(=O)C(C)Nc1cc(C)ncc1C(=O)O. The summed E-state index contributed by atoms with van der Waals surface area (Å²) >= 11 is 0. The minimum absolute atomic E-state index is 0.0525. The predicted molar refractivity (Wildman–Crippen MR) is 67.7 cm³/mol. The lowest BCUT2D eigenvalue weighted by atomic mass is 10.2. The molecule has 0 radical (unpaired) electrons. The second-order valence-electron chi connectivity index (χ2n) is 3.94. The Kier molecular flexibility index (Phi) is 4.65. The molecule has 98 valence electrons. The topological polar surface area (TPSA) is 91.3 Å². The first-order chi connectivity index (χ1) is 8.45. The van der Waals surface area contributed by atoms with Crippen molar-refractivity contribution in [2.45, 2.75) is 26.8 Å². The summed E-state index contributed by atoms with van der Waals surface area (Å²) in [6, 6.07) is 1.10. The Bertz CT molecular complexity index is 460. The lowest BCUT2D eigenvalue weighted by Gasteiger charge is -2.16. The van der Waals surface area contributed by atoms with E-state index in [1.54, 1.807) is 19.9 Å². The van der Waals surface area contributed by atoms with Crippen LogP contribution in [-0.4, -0.2) is 34.6 Å². The number of aryl methyl sites for hydroxylation is 1. The van der Waals surface area contributed by atoms with Crippen LogP contribution in [0.25, 0.3) is 0 Å². The van der Waals surface area contributed by atoms with Gasteiger partial charge in [-0.25, -0.2) is 4.79 Å². The van der Waals surface area contributed by atoms with Crippen LogP contribution in [0.5, 0.6) is 0 Å². The number of amides is 1. The van der Waals surface area contributed by atoms with Gasteiger partial charge in [0, 0.05) is 18.4 Å². The first-order valence-corrected chi connectivity index (χ1v) is 5.70. The summed E-state index contributed by atoms with van der Waals surface area (Å²) in [5.41, 5.74) is 1.14. The number of aromatic carboxylic acids is 1. The zero-order valence-corrected chi connectivity index (χ0v) is 10.7. The van der Waals surface area contributed by atoms with E-state index >= 15 is 0 Å². The highest BCUT2D eigenvalue weighted by molar-refractivity contribution is 5.95. The predicted octanol–water partition coefficient (Wildman–Crippen LogP) is 1.02. The van der Waals surface area contributed by atoms with E-state index in [9.17, 15) is 9.59 Å². The largest absolute Gasteiger partial charge is 0.478 e. The number of carboxylic acids is 1. The molecule has 6 heteroatoms. The maximum atomic E-state index is 11.6. The van der Waals surface area contributed by atoms with Crippen LogP contribution in [0.15, 0.2) is 12.3 Å². The normalized spacial score (nSPS) is 11.7. The van der Waals surface area contributed by atoms with Crippen LogP contribution >= 0.6 is 0 Å². The summed E-state index contributed by atoms with van der Waals surface area (Å²) in [4.78, 5) is 26.5. The summed E-state index contributed by atoms with van der Waals surface area (Å²) in [6.45, 7) is 5.79. The number of nitrogens with one attached hydrogen (secondary N) is 2. The van der Waals surface area contributed by atoms with Gasteiger partial charge >= 0.3 is 5.97 Å². The van der Waals surface area contributed by atoms with Crippen LogP contribution in [0, 0.1) is 6.92 Å². The van der Waals surface area contributed by atoms with Gasteiger partial charge in [-0.1, -0.05) is 0 Å². The number of anilines is 1. The van der Waals surface area contributed by atoms with Crippen LogP contribution in [0.1, 0.15) is 29.9 Å². The Hall–Kier alpha value is -2.11. The van der Waals surface area contributed by atoms with Gasteiger partial charge in [0.05, 0.1) is 5.69 Å². The number of likely N-dealkylation sites (N-methyl/N-ethyl adjacent to an activating group) is 1. The number of hydrogen-bond donors (Lipinski definition) is 3. The molecule has 18 heavy (non-hydrogen) atoms. The summed E-state index contributed by atoms with van der Waals surface area (Å²) < 4.78 is 0. The van der Waals surface area contributed by atoms with Crippen LogP contribution in [0.2, 0.25) is 0 Å². The molecule has 1 aromatic heterocycles. The van der Waals surface area contributed by atoms with E-state index in [0.29, 0.717) is 17.9 Å². The van der Waals surface area contributed by atoms with Gasteiger partial charge in [-0.05, 0) is 26.8 Å². The second-order valence-corrected chi connectivity index (χ2v) is 3.94. The zero-order valence-electron chi connectivity index (χ0n) is 10.7. The molecule has 1 rings (SSSR count). The molecule has 0 aromatic carbocycles. The van der Waals surface area contributed by atoms with E-state index < -0.39 is 12.0 Å². The molecule has 6 nitrogen and oxygen atoms in total. The Morgan fingerprint density at radius 2 is 2.17 bits per heavy atom. The number of nitrogens with zero attached hydrogens (tertiary/aromatic N) is 1. The number of pyridine rings is 1. The van der Waals surface area contributed by atoms with E-state index in [4.69, 9.17) is 5.11 Å². The van der Waals surface area contributed by atoms with Gasteiger partial charge in [0.25, 0.3) is 0 Å². The molecule has 0 fully saturated rings. The molecule has 0 saturated heterocycles. The molecule has 0 aliphatic heterocycles. The van der Waals surface area contributed by atoms with Crippen molar-refractivity contribution >= 4 is 17.6 Å². The molecular weight excluding hydrogens is 234 g/mol. The summed E-state index contributed by atoms with van der Waals surface area (Å²) in [5.74, 6) is -1.25. The smallest absolute Gasteiger partial charge is 0.339 e. The first kappa shape index (κ1) is 14.0. The van der Waals surface area contributed by atoms with Crippen LogP contribution in [0.4, 0.5) is 5.69 Å². The van der Waals surface area contributed by atoms with Gasteiger partial charge in [-0.3, -0.25) is 9.78 Å². The average molecular weight is 251 g/mol. The highest BCUT2D eigenvalue weighted by atomic mass is 16.4. The van der Waals surface area contributed by atoms with Crippen molar-refractivity contribution in [1.29, 1.82) is 0 Å². The summed E-state index contributed by atoms with van der Waals surface area (Å²) in [7, 11) is 0. The number of aromatic nitrogens is 1. The molecule has 1 aromatic rings. The molecule has 0 saturated carbocycles. The highest BCUT2D eigenvalue weighted by Gasteiger charge is 2.16. The summed E-state index contributed by atoms with van der Waals surface area (Å²) in [5, 5.41) is 14.6. The van der Waals surface area contributed by atoms with E-state index in [0.717, 1.165) is 0 Å². The number of carbonyl (C=O) groups excluding carboxylic acids is 1. The lowest BCUT2D eigenvalue weighted by molar-refractivity contribution is -0.121. The van der Waals surface area contributed by atoms with Crippen molar-refractivity contribution in [2.24, 2.45) is 0 Å². The molecule has 3 N–H and O–H groups in total. The Morgan fingerprint density at radius 1 is 1.50 bits per heavy atom. The zero-order chi connectivity index (χ0) is 13.7. The van der Waals surface area contributed by atoms with Crippen molar-refractivity contribution < 1.29 is 14.7 Å². The fourth-order valence-electron chi connectivity index (χ4n) is 1.48. The van der Waals surface area contributed by atoms with E-state index in [1.807, 2.05) is 6.92 Å². The highest BCUT2D eigenvalue weighted by Crippen LogP contribution is 2.16. The molecule has 0 aliphatic rings. The third-order valence-electron chi connectivity index (χ3n) is 2.39. The third-order valence-corrected chi connectivity index (χ3v) is 2.39. The van der Waals surface area contributed by atoms with Gasteiger partial charge in [0.1, 0.15) is 11.6 Å². The van der Waals surface area contributed by atoms with Crippen molar-refractivity contribution in [3.63, 3.8) is 0 Å². The molecular formula is C12H17N3O3. The summed E-state index contributed by atoms with van der Waals surface area (Å²) in [6.07, 6.45) is 1.28. The quantitative estimate of drug-likeness (QED) is 0.727. The standard InChI is InChI=1S/C12H17N3O3/c1-4-13-11(16)8(3)15-10-5-7(2)14-6-9(10)12(17)18/h5-6,8H,4H2,1-3H3,(H,13,16)(H,14,15)(H,17,18). The third kappa shape index (κ3) is 3.44. The van der Waals surface area contributed by atoms with Crippen molar-refractivity contribution in [1.82, 2.24) is 10.3 Å². The molecule has 0 aliphatic carbocycles. The molecule has 0 bridgehead atoms. The minimum Gasteiger partial charge on any atom is -0.478 e. The van der Waals surface area contributed by atoms with Gasteiger partial charge in [0.15, 0.2) is 0 Å². The monoisotopic (exact) mass is 251 g/mol. The average Bonchev–Trinajstić information content (AvgIpc) is 2.28. The number of hydrogen-bond acceptors (Lipinski definition) is 4. The Morgan fingerprint density at radius 3 is 2.72 bits per heavy atom. The van der Waals surface area contributed by atoms with E-state index in [2.05, 4.69) is 15.6 Å². The van der Waals surface area contributed by atoms with Gasteiger partial charge in [-0.15, -0.1) is 0 Å². The van der Waals surface area contributed by atoms with Crippen molar-refractivity contribution in [3.8, 4) is 0 Å². The molecule has 1 heterocycles. The van der Waals surface area contributed by atoms with Crippen molar-refractivity contribution in [2.75, 3.05) is 11.9 Å². The number of carboxylic acid groups (broad SMARTS) is 1. The van der Waals surface area contributed by atoms with Gasteiger partial charge in [0.2, 0.25) is 5.91 Å². The van der Waals surface area contributed by atoms with Crippen LogP contribution in [-0.2, 0) is 4.79 Å². The van der Waals surface area contributed by atoms with Crippen molar-refractivity contribution in [3.05, 3.63) is 23.5 Å². The molecule has 1 amide bonds. The fraction of sp³-hybridized carbons (Fsp3) is 0.417. The van der Waals surface area contributed by atoms with E-state index in [1.165, 1.54) is 6.20 Å². The van der Waals surface area contributed by atoms with Gasteiger partial charge < -0.3 is 15.7 Å². The van der Waals surface area contributed by atoms with Crippen LogP contribution in [0.3, 0.4) is 0 Å².